The molecule has 1 rings (SSSR count). The summed E-state index contributed by atoms with van der Waals surface area (Å²) in [6.07, 6.45) is 9.26. The molecule has 114 valence electrons. The highest BCUT2D eigenvalue weighted by Gasteiger charge is 2.31. The summed E-state index contributed by atoms with van der Waals surface area (Å²) in [4.78, 5) is 14.2. The molecule has 1 amide bonds. The van der Waals surface area contributed by atoms with Crippen molar-refractivity contribution >= 4 is 6.09 Å². The Balaban J connectivity index is 2.58. The van der Waals surface area contributed by atoms with Crippen LogP contribution in [0.5, 0.6) is 0 Å². The molecule has 1 aliphatic heterocycles. The number of hydrogen-bond donors (Lipinski definition) is 1. The molecule has 1 aliphatic rings. The molecule has 0 aromatic carbocycles. The largest absolute Gasteiger partial charge is 0.444 e. The molecule has 0 aliphatic carbocycles. The average Bonchev–Trinajstić information content (AvgIpc) is 2.35. The second-order valence-corrected chi connectivity index (χ2v) is 6.55. The molecular formula is C16H28N2O2. The molecule has 1 N–H and O–H groups in total. The summed E-state index contributed by atoms with van der Waals surface area (Å²) in [6, 6.07) is 0.554. The Morgan fingerprint density at radius 1 is 1.50 bits per heavy atom. The van der Waals surface area contributed by atoms with Gasteiger partial charge in [-0.1, -0.05) is 5.92 Å². The molecule has 0 radical (unpaired) electrons. The van der Waals surface area contributed by atoms with Gasteiger partial charge in [-0.15, -0.1) is 6.42 Å². The molecule has 0 saturated carbocycles. The van der Waals surface area contributed by atoms with Crippen molar-refractivity contribution in [2.24, 2.45) is 0 Å². The molecule has 0 aromatic rings. The Kier molecular flexibility index (Phi) is 6.35. The van der Waals surface area contributed by atoms with E-state index in [-0.39, 0.29) is 12.1 Å². The van der Waals surface area contributed by atoms with Crippen molar-refractivity contribution in [2.75, 3.05) is 13.1 Å². The van der Waals surface area contributed by atoms with E-state index in [0.717, 1.165) is 25.8 Å². The van der Waals surface area contributed by atoms with E-state index in [1.807, 2.05) is 25.7 Å². The van der Waals surface area contributed by atoms with Gasteiger partial charge in [-0.3, -0.25) is 0 Å². The molecule has 1 saturated heterocycles. The molecule has 1 fully saturated rings. The second-order valence-electron chi connectivity index (χ2n) is 6.55. The molecule has 0 bridgehead atoms. The minimum absolute atomic E-state index is 0.189. The highest BCUT2D eigenvalue weighted by Crippen LogP contribution is 2.23. The zero-order valence-electron chi connectivity index (χ0n) is 13.2. The van der Waals surface area contributed by atoms with Gasteiger partial charge in [0.15, 0.2) is 0 Å². The van der Waals surface area contributed by atoms with Gasteiger partial charge >= 0.3 is 6.09 Å². The lowest BCUT2D eigenvalue weighted by molar-refractivity contribution is 0.00796. The standard InChI is InChI=1S/C16H28N2O2/c1-6-10-17-13(2)12-14-9-7-8-11-18(14)15(19)20-16(3,4)5/h1,13-14,17H,7-12H2,2-5H3. The lowest BCUT2D eigenvalue weighted by atomic mass is 9.97. The second kappa shape index (κ2) is 7.54. The van der Waals surface area contributed by atoms with Crippen molar-refractivity contribution in [2.45, 2.75) is 71.1 Å². The van der Waals surface area contributed by atoms with Gasteiger partial charge in [0, 0.05) is 18.6 Å². The predicted molar refractivity (Wildman–Crippen MR) is 81.5 cm³/mol. The Hall–Kier alpha value is -1.21. The first-order chi connectivity index (χ1) is 9.33. The van der Waals surface area contributed by atoms with Crippen molar-refractivity contribution < 1.29 is 9.53 Å². The highest BCUT2D eigenvalue weighted by atomic mass is 16.6. The SMILES string of the molecule is C#CCNC(C)CC1CCCCN1C(=O)OC(C)(C)C. The van der Waals surface area contributed by atoms with Crippen LogP contribution < -0.4 is 5.32 Å². The number of terminal acetylenes is 1. The van der Waals surface area contributed by atoms with Gasteiger partial charge in [0.05, 0.1) is 6.54 Å². The first-order valence-electron chi connectivity index (χ1n) is 7.50. The van der Waals surface area contributed by atoms with Gasteiger partial charge in [-0.25, -0.2) is 4.79 Å². The monoisotopic (exact) mass is 280 g/mol. The Morgan fingerprint density at radius 3 is 2.80 bits per heavy atom. The van der Waals surface area contributed by atoms with Crippen LogP contribution in [-0.4, -0.2) is 41.8 Å². The Labute approximate surface area is 123 Å². The van der Waals surface area contributed by atoms with Crippen LogP contribution in [0.25, 0.3) is 0 Å². The van der Waals surface area contributed by atoms with Crippen LogP contribution in [0.1, 0.15) is 53.4 Å². The minimum Gasteiger partial charge on any atom is -0.444 e. The maximum atomic E-state index is 12.3. The van der Waals surface area contributed by atoms with Gasteiger partial charge in [-0.05, 0) is 53.4 Å². The molecule has 0 spiro atoms. The fraction of sp³-hybridized carbons (Fsp3) is 0.812. The molecule has 0 aromatic heterocycles. The van der Waals surface area contributed by atoms with E-state index < -0.39 is 5.60 Å². The molecule has 2 atom stereocenters. The van der Waals surface area contributed by atoms with Crippen LogP contribution in [0.4, 0.5) is 4.79 Å². The summed E-state index contributed by atoms with van der Waals surface area (Å²) in [6.45, 7) is 9.18. The van der Waals surface area contributed by atoms with Crippen molar-refractivity contribution in [1.29, 1.82) is 0 Å². The maximum absolute atomic E-state index is 12.3. The van der Waals surface area contributed by atoms with E-state index in [0.29, 0.717) is 12.6 Å². The van der Waals surface area contributed by atoms with E-state index in [1.165, 1.54) is 6.42 Å². The first-order valence-corrected chi connectivity index (χ1v) is 7.50. The van der Waals surface area contributed by atoms with Crippen molar-refractivity contribution in [1.82, 2.24) is 10.2 Å². The average molecular weight is 280 g/mol. The van der Waals surface area contributed by atoms with Crippen molar-refractivity contribution in [3.05, 3.63) is 0 Å². The van der Waals surface area contributed by atoms with Crippen LogP contribution in [0.3, 0.4) is 0 Å². The van der Waals surface area contributed by atoms with Crippen LogP contribution in [-0.2, 0) is 4.74 Å². The fourth-order valence-electron chi connectivity index (χ4n) is 2.53. The zero-order valence-corrected chi connectivity index (χ0v) is 13.2. The number of nitrogens with one attached hydrogen (secondary N) is 1. The third-order valence-electron chi connectivity index (χ3n) is 3.43. The lowest BCUT2D eigenvalue weighted by Crippen LogP contribution is -2.48. The normalized spacial score (nSPS) is 21.1. The van der Waals surface area contributed by atoms with Crippen LogP contribution >= 0.6 is 0 Å². The first kappa shape index (κ1) is 16.8. The number of nitrogens with zero attached hydrogens (tertiary/aromatic N) is 1. The summed E-state index contributed by atoms with van der Waals surface area (Å²) < 4.78 is 5.50. The van der Waals surface area contributed by atoms with Gasteiger partial charge in [0.1, 0.15) is 5.60 Å². The van der Waals surface area contributed by atoms with Crippen molar-refractivity contribution in [3.8, 4) is 12.3 Å². The lowest BCUT2D eigenvalue weighted by Gasteiger charge is -2.38. The van der Waals surface area contributed by atoms with Crippen LogP contribution in [0.2, 0.25) is 0 Å². The number of carbonyl (C=O) groups excluding carboxylic acids is 1. The van der Waals surface area contributed by atoms with Crippen LogP contribution in [0, 0.1) is 12.3 Å². The van der Waals surface area contributed by atoms with Gasteiger partial charge < -0.3 is 15.0 Å². The Morgan fingerprint density at radius 2 is 2.20 bits per heavy atom. The Bertz CT molecular complexity index is 354. The number of likely N-dealkylation sites (tertiary alicyclic amines) is 1. The van der Waals surface area contributed by atoms with E-state index in [4.69, 9.17) is 11.2 Å². The maximum Gasteiger partial charge on any atom is 0.410 e. The number of carbonyl (C=O) groups is 1. The smallest absolute Gasteiger partial charge is 0.410 e. The molecular weight excluding hydrogens is 252 g/mol. The predicted octanol–water partition coefficient (Wildman–Crippen LogP) is 2.78. The van der Waals surface area contributed by atoms with Crippen LogP contribution in [0.15, 0.2) is 0 Å². The summed E-state index contributed by atoms with van der Waals surface area (Å²) in [5.74, 6) is 2.58. The molecule has 4 nitrogen and oxygen atoms in total. The quantitative estimate of drug-likeness (QED) is 0.805. The molecule has 4 heteroatoms. The minimum atomic E-state index is -0.438. The summed E-state index contributed by atoms with van der Waals surface area (Å²) in [5, 5.41) is 3.27. The molecule has 2 unspecified atom stereocenters. The van der Waals surface area contributed by atoms with E-state index in [1.54, 1.807) is 0 Å². The fourth-order valence-corrected chi connectivity index (χ4v) is 2.53. The number of amides is 1. The third kappa shape index (κ3) is 5.83. The molecule has 20 heavy (non-hydrogen) atoms. The molecule has 1 heterocycles. The summed E-state index contributed by atoms with van der Waals surface area (Å²) >= 11 is 0. The topological polar surface area (TPSA) is 41.6 Å². The van der Waals surface area contributed by atoms with Gasteiger partial charge in [-0.2, -0.15) is 0 Å². The van der Waals surface area contributed by atoms with E-state index in [2.05, 4.69) is 18.2 Å². The number of hydrogen-bond acceptors (Lipinski definition) is 3. The zero-order chi connectivity index (χ0) is 15.2. The summed E-state index contributed by atoms with van der Waals surface area (Å²) in [5.41, 5.74) is -0.438. The summed E-state index contributed by atoms with van der Waals surface area (Å²) in [7, 11) is 0. The number of ether oxygens (including phenoxy) is 1. The highest BCUT2D eigenvalue weighted by molar-refractivity contribution is 5.68. The van der Waals surface area contributed by atoms with Gasteiger partial charge in [0.2, 0.25) is 0 Å². The van der Waals surface area contributed by atoms with E-state index >= 15 is 0 Å². The number of piperidine rings is 1. The third-order valence-corrected chi connectivity index (χ3v) is 3.43. The number of rotatable bonds is 4. The van der Waals surface area contributed by atoms with Crippen molar-refractivity contribution in [3.63, 3.8) is 0 Å². The van der Waals surface area contributed by atoms with Gasteiger partial charge in [0.25, 0.3) is 0 Å². The van der Waals surface area contributed by atoms with E-state index in [9.17, 15) is 4.79 Å².